The minimum absolute atomic E-state index is 0.0418. The highest BCUT2D eigenvalue weighted by atomic mass is 16.5. The molecule has 2 aliphatic rings. The molecule has 284 valence electrons. The molecule has 5 atom stereocenters. The largest absolute Gasteiger partial charge is 0.447 e. The van der Waals surface area contributed by atoms with E-state index in [0.29, 0.717) is 19.4 Å². The normalized spacial score (nSPS) is 20.7. The lowest BCUT2D eigenvalue weighted by Crippen LogP contribution is -2.63. The molecule has 13 nitrogen and oxygen atoms in total. The van der Waals surface area contributed by atoms with E-state index in [4.69, 9.17) is 4.74 Å². The standard InChI is InChI=1S/C37H64N6O7/c1-11-16-26(29(44)32(46)38-20-12-2)40-31(45)28-25(23(3)4)17-21-43(28)33(47)30(37(10)18-14-13-15-19-37)42-34(48)41-27(36(7,8)9)22-50-35(49)39-24(5)6/h12,23-28,30H,2,11,13-22H2,1,3-10H3,(H,38,46)(H,39,49)(H,40,45)(H2,41,42,48)/t25-,26?,27-,28+,30?/m1/s1. The lowest BCUT2D eigenvalue weighted by atomic mass is 9.70. The average molecular weight is 705 g/mol. The van der Waals surface area contributed by atoms with Gasteiger partial charge in [0, 0.05) is 19.1 Å². The maximum atomic E-state index is 14.7. The number of carbonyl (C=O) groups is 6. The molecule has 0 radical (unpaired) electrons. The van der Waals surface area contributed by atoms with Gasteiger partial charge in [0.25, 0.3) is 5.91 Å². The van der Waals surface area contributed by atoms with Crippen molar-refractivity contribution in [1.29, 1.82) is 0 Å². The van der Waals surface area contributed by atoms with Gasteiger partial charge in [-0.15, -0.1) is 6.58 Å². The number of amides is 6. The first kappa shape index (κ1) is 42.5. The van der Waals surface area contributed by atoms with Crippen LogP contribution in [0, 0.1) is 22.7 Å². The fourth-order valence-corrected chi connectivity index (χ4v) is 6.95. The first-order valence-corrected chi connectivity index (χ1v) is 18.4. The van der Waals surface area contributed by atoms with Gasteiger partial charge in [-0.25, -0.2) is 9.59 Å². The van der Waals surface area contributed by atoms with Crippen molar-refractivity contribution in [1.82, 2.24) is 31.5 Å². The van der Waals surface area contributed by atoms with Gasteiger partial charge in [-0.2, -0.15) is 0 Å². The van der Waals surface area contributed by atoms with E-state index in [1.165, 1.54) is 6.08 Å². The van der Waals surface area contributed by atoms with Crippen molar-refractivity contribution in [3.05, 3.63) is 12.7 Å². The predicted octanol–water partition coefficient (Wildman–Crippen LogP) is 4.20. The van der Waals surface area contributed by atoms with Crippen molar-refractivity contribution < 1.29 is 33.5 Å². The monoisotopic (exact) mass is 704 g/mol. The Morgan fingerprint density at radius 3 is 2.14 bits per heavy atom. The summed E-state index contributed by atoms with van der Waals surface area (Å²) in [5, 5.41) is 13.9. The second kappa shape index (κ2) is 19.1. The number of urea groups is 1. The van der Waals surface area contributed by atoms with Crippen molar-refractivity contribution in [3.8, 4) is 0 Å². The van der Waals surface area contributed by atoms with E-state index < -0.39 is 64.7 Å². The molecule has 0 aromatic rings. The lowest BCUT2D eigenvalue weighted by molar-refractivity contribution is -0.145. The predicted molar refractivity (Wildman–Crippen MR) is 193 cm³/mol. The fourth-order valence-electron chi connectivity index (χ4n) is 6.95. The molecule has 2 rings (SSSR count). The Kier molecular flexibility index (Phi) is 16.2. The number of Topliss-reactive ketones (excluding diaryl/α,β-unsaturated/α-hetero) is 1. The zero-order chi connectivity index (χ0) is 37.8. The molecule has 0 aromatic heterocycles. The van der Waals surface area contributed by atoms with E-state index in [-0.39, 0.29) is 43.4 Å². The van der Waals surface area contributed by atoms with Crippen LogP contribution in [0.3, 0.4) is 0 Å². The van der Waals surface area contributed by atoms with Gasteiger partial charge >= 0.3 is 12.1 Å². The van der Waals surface area contributed by atoms with Crippen LogP contribution in [0.5, 0.6) is 0 Å². The Morgan fingerprint density at radius 2 is 1.60 bits per heavy atom. The third-order valence-electron chi connectivity index (χ3n) is 10.0. The Morgan fingerprint density at radius 1 is 0.960 bits per heavy atom. The van der Waals surface area contributed by atoms with Crippen molar-refractivity contribution in [2.24, 2.45) is 22.7 Å². The molecule has 6 amide bonds. The topological polar surface area (TPSA) is 175 Å². The summed E-state index contributed by atoms with van der Waals surface area (Å²) >= 11 is 0. The maximum absolute atomic E-state index is 14.7. The van der Waals surface area contributed by atoms with Gasteiger partial charge in [-0.3, -0.25) is 19.2 Å². The Labute approximate surface area is 299 Å². The number of hydrogen-bond donors (Lipinski definition) is 5. The molecule has 0 bridgehead atoms. The highest BCUT2D eigenvalue weighted by Crippen LogP contribution is 2.41. The highest BCUT2D eigenvalue weighted by Gasteiger charge is 2.50. The zero-order valence-corrected chi connectivity index (χ0v) is 31.9. The van der Waals surface area contributed by atoms with Crippen molar-refractivity contribution in [2.75, 3.05) is 19.7 Å². The quantitative estimate of drug-likeness (QED) is 0.118. The summed E-state index contributed by atoms with van der Waals surface area (Å²) in [5.41, 5.74) is -1.06. The molecule has 1 saturated carbocycles. The van der Waals surface area contributed by atoms with E-state index >= 15 is 0 Å². The minimum atomic E-state index is -1.04. The summed E-state index contributed by atoms with van der Waals surface area (Å²) in [4.78, 5) is 81.9. The second-order valence-electron chi connectivity index (χ2n) is 16.0. The van der Waals surface area contributed by atoms with Crippen molar-refractivity contribution in [2.45, 2.75) is 144 Å². The SMILES string of the molecule is C=CCNC(=O)C(=O)C(CCC)NC(=O)[C@@H]1[C@@H](C(C)C)CCN1C(=O)C(NC(=O)N[C@H](COC(=O)NC(C)C)C(C)(C)C)C1(C)CCCCC1. The van der Waals surface area contributed by atoms with Crippen LogP contribution in [-0.4, -0.2) is 90.4 Å². The van der Waals surface area contributed by atoms with E-state index in [2.05, 4.69) is 33.2 Å². The summed E-state index contributed by atoms with van der Waals surface area (Å²) < 4.78 is 5.42. The fraction of sp³-hybridized carbons (Fsp3) is 0.784. The molecule has 1 aliphatic carbocycles. The Bertz CT molecular complexity index is 1210. The summed E-state index contributed by atoms with van der Waals surface area (Å²) in [5.74, 6) is -2.54. The number of ether oxygens (including phenoxy) is 1. The number of carbonyl (C=O) groups excluding carboxylic acids is 6. The van der Waals surface area contributed by atoms with E-state index in [9.17, 15) is 28.8 Å². The van der Waals surface area contributed by atoms with E-state index in [1.54, 1.807) is 4.90 Å². The summed E-state index contributed by atoms with van der Waals surface area (Å²) in [6.07, 6.45) is 6.54. The molecule has 13 heteroatoms. The number of rotatable bonds is 16. The number of nitrogens with zero attached hydrogens (tertiary/aromatic N) is 1. The van der Waals surface area contributed by atoms with Crippen LogP contribution < -0.4 is 26.6 Å². The van der Waals surface area contributed by atoms with Crippen LogP contribution in [-0.2, 0) is 23.9 Å². The van der Waals surface area contributed by atoms with Crippen LogP contribution in [0.2, 0.25) is 0 Å². The number of nitrogens with one attached hydrogen (secondary N) is 5. The van der Waals surface area contributed by atoms with Crippen LogP contribution >= 0.6 is 0 Å². The highest BCUT2D eigenvalue weighted by molar-refractivity contribution is 6.38. The molecule has 1 heterocycles. The third-order valence-corrected chi connectivity index (χ3v) is 10.0. The smallest absolute Gasteiger partial charge is 0.407 e. The average Bonchev–Trinajstić information content (AvgIpc) is 3.49. The maximum Gasteiger partial charge on any atom is 0.407 e. The third kappa shape index (κ3) is 12.0. The van der Waals surface area contributed by atoms with Gasteiger partial charge in [0.15, 0.2) is 0 Å². The van der Waals surface area contributed by atoms with E-state index in [1.807, 2.05) is 62.3 Å². The molecule has 5 N–H and O–H groups in total. The molecular formula is C37H64N6O7. The van der Waals surface area contributed by atoms with Gasteiger partial charge in [0.2, 0.25) is 17.6 Å². The van der Waals surface area contributed by atoms with Crippen LogP contribution in [0.25, 0.3) is 0 Å². The minimum Gasteiger partial charge on any atom is -0.447 e. The van der Waals surface area contributed by atoms with Gasteiger partial charge < -0.3 is 36.2 Å². The number of alkyl carbamates (subject to hydrolysis) is 1. The van der Waals surface area contributed by atoms with Crippen molar-refractivity contribution >= 4 is 35.6 Å². The van der Waals surface area contributed by atoms with Gasteiger partial charge in [0.1, 0.15) is 18.7 Å². The van der Waals surface area contributed by atoms with Gasteiger partial charge in [-0.05, 0) is 62.2 Å². The molecule has 1 aliphatic heterocycles. The Hall–Kier alpha value is -3.64. The molecule has 0 aromatic carbocycles. The number of hydrogen-bond acceptors (Lipinski definition) is 7. The lowest BCUT2D eigenvalue weighted by Gasteiger charge is -2.43. The van der Waals surface area contributed by atoms with Crippen LogP contribution in [0.15, 0.2) is 12.7 Å². The molecule has 0 spiro atoms. The first-order valence-electron chi connectivity index (χ1n) is 18.4. The Balaban J connectivity index is 2.39. The molecule has 50 heavy (non-hydrogen) atoms. The number of likely N-dealkylation sites (tertiary alicyclic amines) is 1. The summed E-state index contributed by atoms with van der Waals surface area (Å²) in [7, 11) is 0. The molecule has 2 fully saturated rings. The molecule has 1 saturated heterocycles. The van der Waals surface area contributed by atoms with Gasteiger partial charge in [-0.1, -0.05) is 80.2 Å². The molecule has 2 unspecified atom stereocenters. The van der Waals surface area contributed by atoms with Crippen LogP contribution in [0.4, 0.5) is 9.59 Å². The zero-order valence-electron chi connectivity index (χ0n) is 31.9. The second-order valence-corrected chi connectivity index (χ2v) is 16.0. The number of ketones is 1. The first-order chi connectivity index (χ1) is 23.4. The van der Waals surface area contributed by atoms with Crippen LogP contribution in [0.1, 0.15) is 114 Å². The molecular weight excluding hydrogens is 640 g/mol. The van der Waals surface area contributed by atoms with E-state index in [0.717, 1.165) is 32.1 Å². The van der Waals surface area contributed by atoms with Gasteiger partial charge in [0.05, 0.1) is 12.1 Å². The summed E-state index contributed by atoms with van der Waals surface area (Å²) in [6, 6.07) is -4.11. The van der Waals surface area contributed by atoms with Crippen molar-refractivity contribution in [3.63, 3.8) is 0 Å². The summed E-state index contributed by atoms with van der Waals surface area (Å²) in [6.45, 7) is 21.2.